The van der Waals surface area contributed by atoms with E-state index in [1.807, 2.05) is 0 Å². The number of aliphatic hydroxyl groups excluding tert-OH is 1. The quantitative estimate of drug-likeness (QED) is 0.908. The van der Waals surface area contributed by atoms with Crippen LogP contribution in [0.3, 0.4) is 0 Å². The molecule has 102 valence electrons. The van der Waals surface area contributed by atoms with E-state index in [4.69, 9.17) is 0 Å². The van der Waals surface area contributed by atoms with Gasteiger partial charge in [-0.2, -0.15) is 0 Å². The van der Waals surface area contributed by atoms with Gasteiger partial charge in [0.25, 0.3) is 5.91 Å². The van der Waals surface area contributed by atoms with Gasteiger partial charge in [-0.15, -0.1) is 11.3 Å². The molecular formula is C14H16FNO2S. The number of nitrogens with one attached hydrogen (secondary N) is 1. The average molecular weight is 281 g/mol. The summed E-state index contributed by atoms with van der Waals surface area (Å²) in [5.74, 6) is -0.575. The number of benzene rings is 1. The molecular weight excluding hydrogens is 265 g/mol. The zero-order valence-corrected chi connectivity index (χ0v) is 11.8. The number of halogens is 1. The first kappa shape index (κ1) is 14.0. The molecule has 0 saturated carbocycles. The molecule has 0 aliphatic heterocycles. The molecule has 5 heteroatoms. The lowest BCUT2D eigenvalue weighted by molar-refractivity contribution is 0.0713. The minimum Gasteiger partial charge on any atom is -0.391 e. The second-order valence-electron chi connectivity index (χ2n) is 5.14. The SMILES string of the molecule is CC(O)C(C)(C)NC(=O)c1cc2cc(F)ccc2s1. The largest absolute Gasteiger partial charge is 0.391 e. The second kappa shape index (κ2) is 4.90. The normalized spacial score (nSPS) is 13.5. The average Bonchev–Trinajstić information content (AvgIpc) is 2.71. The van der Waals surface area contributed by atoms with Crippen LogP contribution >= 0.6 is 11.3 Å². The maximum Gasteiger partial charge on any atom is 0.261 e. The van der Waals surface area contributed by atoms with Crippen LogP contribution in [-0.4, -0.2) is 22.7 Å². The maximum absolute atomic E-state index is 13.1. The van der Waals surface area contributed by atoms with Gasteiger partial charge in [0, 0.05) is 4.70 Å². The predicted molar refractivity (Wildman–Crippen MR) is 75.0 cm³/mol. The molecule has 1 amide bonds. The van der Waals surface area contributed by atoms with Crippen molar-refractivity contribution in [2.75, 3.05) is 0 Å². The van der Waals surface area contributed by atoms with E-state index in [0.29, 0.717) is 10.3 Å². The van der Waals surface area contributed by atoms with E-state index in [9.17, 15) is 14.3 Å². The smallest absolute Gasteiger partial charge is 0.261 e. The summed E-state index contributed by atoms with van der Waals surface area (Å²) >= 11 is 1.31. The Morgan fingerprint density at radius 1 is 1.42 bits per heavy atom. The minimum absolute atomic E-state index is 0.257. The Morgan fingerprint density at radius 3 is 2.74 bits per heavy atom. The van der Waals surface area contributed by atoms with Crippen molar-refractivity contribution in [3.63, 3.8) is 0 Å². The van der Waals surface area contributed by atoms with Gasteiger partial charge in [-0.3, -0.25) is 4.79 Å². The number of carbonyl (C=O) groups excluding carboxylic acids is 1. The Balaban J connectivity index is 2.27. The van der Waals surface area contributed by atoms with Gasteiger partial charge >= 0.3 is 0 Å². The zero-order valence-electron chi connectivity index (χ0n) is 11.0. The number of rotatable bonds is 3. The van der Waals surface area contributed by atoms with E-state index in [0.717, 1.165) is 4.70 Å². The maximum atomic E-state index is 13.1. The first-order chi connectivity index (χ1) is 8.79. The van der Waals surface area contributed by atoms with Crippen molar-refractivity contribution >= 4 is 27.3 Å². The first-order valence-corrected chi connectivity index (χ1v) is 6.81. The van der Waals surface area contributed by atoms with Crippen LogP contribution in [0.5, 0.6) is 0 Å². The summed E-state index contributed by atoms with van der Waals surface area (Å²) in [5, 5.41) is 13.1. The molecule has 0 bridgehead atoms. The number of fused-ring (bicyclic) bond motifs is 1. The molecule has 0 saturated heterocycles. The molecule has 2 rings (SSSR count). The molecule has 1 heterocycles. The van der Waals surface area contributed by atoms with Gasteiger partial charge in [-0.05, 0) is 50.4 Å². The van der Waals surface area contributed by atoms with Gasteiger partial charge in [0.15, 0.2) is 0 Å². The molecule has 0 radical (unpaired) electrons. The van der Waals surface area contributed by atoms with E-state index in [2.05, 4.69) is 5.32 Å². The highest BCUT2D eigenvalue weighted by atomic mass is 32.1. The fourth-order valence-electron chi connectivity index (χ4n) is 1.58. The number of carbonyl (C=O) groups is 1. The van der Waals surface area contributed by atoms with E-state index in [1.54, 1.807) is 32.9 Å². The van der Waals surface area contributed by atoms with Crippen LogP contribution < -0.4 is 5.32 Å². The molecule has 3 nitrogen and oxygen atoms in total. The first-order valence-electron chi connectivity index (χ1n) is 5.99. The van der Waals surface area contributed by atoms with Gasteiger partial charge in [0.2, 0.25) is 0 Å². The second-order valence-corrected chi connectivity index (χ2v) is 6.23. The molecule has 0 fully saturated rings. The third-order valence-electron chi connectivity index (χ3n) is 3.18. The van der Waals surface area contributed by atoms with Gasteiger partial charge in [-0.25, -0.2) is 4.39 Å². The molecule has 0 aliphatic carbocycles. The van der Waals surface area contributed by atoms with Gasteiger partial charge < -0.3 is 10.4 Å². The third kappa shape index (κ3) is 2.93. The van der Waals surface area contributed by atoms with E-state index in [1.165, 1.54) is 23.5 Å². The van der Waals surface area contributed by atoms with Gasteiger partial charge in [-0.1, -0.05) is 0 Å². The number of thiophene rings is 1. The highest BCUT2D eigenvalue weighted by molar-refractivity contribution is 7.20. The van der Waals surface area contributed by atoms with Crippen LogP contribution in [0.2, 0.25) is 0 Å². The standard InChI is InChI=1S/C14H16FNO2S/c1-8(17)14(2,3)16-13(18)12-7-9-6-10(15)4-5-11(9)19-12/h4-8,17H,1-3H3,(H,16,18). The molecule has 1 aromatic carbocycles. The van der Waals surface area contributed by atoms with Crippen LogP contribution in [0.15, 0.2) is 24.3 Å². The van der Waals surface area contributed by atoms with Gasteiger partial charge in [0.05, 0.1) is 16.5 Å². The van der Waals surface area contributed by atoms with Crippen molar-refractivity contribution < 1.29 is 14.3 Å². The van der Waals surface area contributed by atoms with Gasteiger partial charge in [0.1, 0.15) is 5.82 Å². The lowest BCUT2D eigenvalue weighted by Crippen LogP contribution is -2.50. The summed E-state index contributed by atoms with van der Waals surface area (Å²) in [6, 6.07) is 6.10. The van der Waals surface area contributed by atoms with Crippen molar-refractivity contribution in [3.8, 4) is 0 Å². The molecule has 19 heavy (non-hydrogen) atoms. The highest BCUT2D eigenvalue weighted by Gasteiger charge is 2.27. The Morgan fingerprint density at radius 2 is 2.11 bits per heavy atom. The van der Waals surface area contributed by atoms with Crippen LogP contribution in [0.1, 0.15) is 30.4 Å². The monoisotopic (exact) mass is 281 g/mol. The lowest BCUT2D eigenvalue weighted by Gasteiger charge is -2.29. The van der Waals surface area contributed by atoms with Crippen LogP contribution in [0, 0.1) is 5.82 Å². The van der Waals surface area contributed by atoms with Crippen molar-refractivity contribution in [1.82, 2.24) is 5.32 Å². The number of hydrogen-bond donors (Lipinski definition) is 2. The number of hydrogen-bond acceptors (Lipinski definition) is 3. The summed E-state index contributed by atoms with van der Waals surface area (Å²) < 4.78 is 14.0. The molecule has 1 atom stereocenters. The van der Waals surface area contributed by atoms with E-state index >= 15 is 0 Å². The molecule has 2 N–H and O–H groups in total. The Kier molecular flexibility index (Phi) is 3.60. The van der Waals surface area contributed by atoms with Crippen molar-refractivity contribution in [1.29, 1.82) is 0 Å². The summed E-state index contributed by atoms with van der Waals surface area (Å²) in [6.45, 7) is 5.13. The summed E-state index contributed by atoms with van der Waals surface area (Å²) in [6.07, 6.45) is -0.664. The van der Waals surface area contributed by atoms with Crippen molar-refractivity contribution in [2.24, 2.45) is 0 Å². The summed E-state index contributed by atoms with van der Waals surface area (Å²) in [7, 11) is 0. The Hall–Kier alpha value is -1.46. The lowest BCUT2D eigenvalue weighted by atomic mass is 9.99. The zero-order chi connectivity index (χ0) is 14.2. The van der Waals surface area contributed by atoms with Crippen LogP contribution in [0.4, 0.5) is 4.39 Å². The molecule has 0 spiro atoms. The Labute approximate surface area is 115 Å². The fourth-order valence-corrected chi connectivity index (χ4v) is 2.52. The topological polar surface area (TPSA) is 49.3 Å². The van der Waals surface area contributed by atoms with Crippen molar-refractivity contribution in [2.45, 2.75) is 32.4 Å². The van der Waals surface area contributed by atoms with E-state index < -0.39 is 11.6 Å². The third-order valence-corrected chi connectivity index (χ3v) is 4.30. The van der Waals surface area contributed by atoms with Crippen LogP contribution in [0.25, 0.3) is 10.1 Å². The highest BCUT2D eigenvalue weighted by Crippen LogP contribution is 2.26. The van der Waals surface area contributed by atoms with Crippen LogP contribution in [-0.2, 0) is 0 Å². The Bertz CT molecular complexity index is 619. The number of amides is 1. The summed E-state index contributed by atoms with van der Waals surface area (Å²) in [4.78, 5) is 12.6. The predicted octanol–water partition coefficient (Wildman–Crippen LogP) is 2.93. The van der Waals surface area contributed by atoms with E-state index in [-0.39, 0.29) is 11.7 Å². The van der Waals surface area contributed by atoms with Crippen molar-refractivity contribution in [3.05, 3.63) is 35.0 Å². The molecule has 2 aromatic rings. The fraction of sp³-hybridized carbons (Fsp3) is 0.357. The number of aliphatic hydroxyl groups is 1. The molecule has 0 aliphatic rings. The molecule has 1 unspecified atom stereocenters. The molecule has 1 aromatic heterocycles. The minimum atomic E-state index is -0.710. The summed E-state index contributed by atoms with van der Waals surface area (Å²) in [5.41, 5.74) is -0.710.